The minimum atomic E-state index is -1.79. The van der Waals surface area contributed by atoms with E-state index < -0.39 is 31.0 Å². The Morgan fingerprint density at radius 3 is 1.88 bits per heavy atom. The number of amides is 1. The molecule has 0 aromatic carbocycles. The second-order valence-corrected chi connectivity index (χ2v) is 2.97. The van der Waals surface area contributed by atoms with Crippen molar-refractivity contribution < 1.29 is 35.1 Å². The Balaban J connectivity index is 0. The van der Waals surface area contributed by atoms with Crippen LogP contribution in [0.4, 0.5) is 0 Å². The molecule has 16 heavy (non-hydrogen) atoms. The predicted molar refractivity (Wildman–Crippen MR) is 52.0 cm³/mol. The summed E-state index contributed by atoms with van der Waals surface area (Å²) in [7, 11) is 0. The molecule has 0 radical (unpaired) electrons. The predicted octanol–water partition coefficient (Wildman–Crippen LogP) is -3.89. The summed E-state index contributed by atoms with van der Waals surface area (Å²) in [5.74, 6) is -0.333. The van der Waals surface area contributed by atoms with Crippen LogP contribution in [0.1, 0.15) is 6.92 Å². The highest BCUT2D eigenvalue weighted by atomic mass is 16.4. The van der Waals surface area contributed by atoms with Crippen LogP contribution in [0.2, 0.25) is 0 Å². The van der Waals surface area contributed by atoms with Gasteiger partial charge in [-0.05, 0) is 0 Å². The maximum atomic E-state index is 9.90. The van der Waals surface area contributed by atoms with Crippen LogP contribution in [0.3, 0.4) is 0 Å². The zero-order chi connectivity index (χ0) is 13.3. The lowest BCUT2D eigenvalue weighted by Gasteiger charge is -2.22. The third kappa shape index (κ3) is 8.26. The molecular weight excluding hydrogens is 222 g/mol. The van der Waals surface area contributed by atoms with Gasteiger partial charge in [0.25, 0.3) is 0 Å². The van der Waals surface area contributed by atoms with Crippen LogP contribution in [-0.4, -0.2) is 68.7 Å². The molecule has 0 heterocycles. The van der Waals surface area contributed by atoms with Gasteiger partial charge in [-0.3, -0.25) is 4.79 Å². The van der Waals surface area contributed by atoms with Crippen LogP contribution in [-0.2, 0) is 9.59 Å². The Kier molecular flexibility index (Phi) is 9.96. The minimum absolute atomic E-state index is 0.0258. The van der Waals surface area contributed by atoms with E-state index in [4.69, 9.17) is 25.5 Å². The number of primary amides is 1. The maximum Gasteiger partial charge on any atom is 0.214 e. The second-order valence-electron chi connectivity index (χ2n) is 2.97. The van der Waals surface area contributed by atoms with Crippen molar-refractivity contribution >= 4 is 12.2 Å². The summed E-state index contributed by atoms with van der Waals surface area (Å²) >= 11 is 0. The minimum Gasteiger partial charge on any atom is -0.394 e. The summed E-state index contributed by atoms with van der Waals surface area (Å²) in [5, 5.41) is 43.5. The molecule has 0 spiro atoms. The zero-order valence-electron chi connectivity index (χ0n) is 8.72. The molecule has 7 N–H and O–H groups in total. The van der Waals surface area contributed by atoms with E-state index in [1.807, 2.05) is 0 Å². The molecule has 96 valence electrons. The molecule has 1 amide bonds. The molecule has 0 bridgehead atoms. The summed E-state index contributed by atoms with van der Waals surface area (Å²) in [4.78, 5) is 19.1. The number of carbonyl (C=O) groups excluding carboxylic acids is 2. The quantitative estimate of drug-likeness (QED) is 0.267. The first-order valence-corrected chi connectivity index (χ1v) is 4.32. The van der Waals surface area contributed by atoms with Gasteiger partial charge < -0.3 is 36.1 Å². The highest BCUT2D eigenvalue weighted by molar-refractivity contribution is 5.70. The van der Waals surface area contributed by atoms with Gasteiger partial charge in [0.15, 0.2) is 6.29 Å². The molecule has 0 aromatic rings. The number of hydrogen-bond acceptors (Lipinski definition) is 7. The average molecular weight is 239 g/mol. The van der Waals surface area contributed by atoms with Gasteiger partial charge in [0.2, 0.25) is 5.91 Å². The Bertz CT molecular complexity index is 207. The van der Waals surface area contributed by atoms with Crippen molar-refractivity contribution in [3.63, 3.8) is 0 Å². The van der Waals surface area contributed by atoms with Crippen LogP contribution in [0.5, 0.6) is 0 Å². The summed E-state index contributed by atoms with van der Waals surface area (Å²) in [5.41, 5.74) is 4.47. The van der Waals surface area contributed by atoms with Crippen molar-refractivity contribution in [2.75, 3.05) is 6.61 Å². The number of hydrogen-bond donors (Lipinski definition) is 6. The van der Waals surface area contributed by atoms with Crippen LogP contribution in [0.15, 0.2) is 0 Å². The standard InChI is InChI=1S/C6H12O6.C2H5NO/c7-1-3(9)5(11)6(12)4(10)2-8;1-2(3)4/h1,3-6,8-12H,2H2;1H3,(H2,3,4)/t3-,4+,5+,6-;/m0./s1. The maximum absolute atomic E-state index is 9.90. The Hall–Kier alpha value is -1.06. The first-order chi connectivity index (χ1) is 7.27. The van der Waals surface area contributed by atoms with E-state index in [1.54, 1.807) is 0 Å². The van der Waals surface area contributed by atoms with Gasteiger partial charge in [-0.1, -0.05) is 0 Å². The van der Waals surface area contributed by atoms with Gasteiger partial charge in [0.05, 0.1) is 6.61 Å². The highest BCUT2D eigenvalue weighted by Gasteiger charge is 2.29. The first kappa shape index (κ1) is 17.3. The highest BCUT2D eigenvalue weighted by Crippen LogP contribution is 2.02. The van der Waals surface area contributed by atoms with Gasteiger partial charge >= 0.3 is 0 Å². The van der Waals surface area contributed by atoms with E-state index in [0.29, 0.717) is 0 Å². The first-order valence-electron chi connectivity index (χ1n) is 4.32. The fraction of sp³-hybridized carbons (Fsp3) is 0.750. The molecule has 8 nitrogen and oxygen atoms in total. The van der Waals surface area contributed by atoms with Crippen molar-refractivity contribution in [3.8, 4) is 0 Å². The van der Waals surface area contributed by atoms with E-state index in [9.17, 15) is 9.59 Å². The fourth-order valence-corrected chi connectivity index (χ4v) is 0.618. The smallest absolute Gasteiger partial charge is 0.214 e. The van der Waals surface area contributed by atoms with E-state index >= 15 is 0 Å². The number of rotatable bonds is 5. The third-order valence-corrected chi connectivity index (χ3v) is 1.42. The third-order valence-electron chi connectivity index (χ3n) is 1.42. The van der Waals surface area contributed by atoms with E-state index in [-0.39, 0.29) is 12.2 Å². The van der Waals surface area contributed by atoms with Gasteiger partial charge in [-0.25, -0.2) is 0 Å². The molecule has 0 aliphatic heterocycles. The normalized spacial score (nSPS) is 17.4. The largest absolute Gasteiger partial charge is 0.394 e. The molecule has 0 aliphatic carbocycles. The van der Waals surface area contributed by atoms with Crippen molar-refractivity contribution in [3.05, 3.63) is 0 Å². The summed E-state index contributed by atoms with van der Waals surface area (Å²) < 4.78 is 0. The Morgan fingerprint density at radius 1 is 1.25 bits per heavy atom. The van der Waals surface area contributed by atoms with Crippen LogP contribution in [0, 0.1) is 0 Å². The molecule has 0 saturated heterocycles. The van der Waals surface area contributed by atoms with Gasteiger partial charge in [0.1, 0.15) is 24.4 Å². The van der Waals surface area contributed by atoms with E-state index in [1.165, 1.54) is 6.92 Å². The molecule has 0 rings (SSSR count). The monoisotopic (exact) mass is 239 g/mol. The van der Waals surface area contributed by atoms with Crippen molar-refractivity contribution in [1.82, 2.24) is 0 Å². The zero-order valence-corrected chi connectivity index (χ0v) is 8.72. The van der Waals surface area contributed by atoms with Crippen LogP contribution < -0.4 is 5.73 Å². The van der Waals surface area contributed by atoms with Gasteiger partial charge in [-0.2, -0.15) is 0 Å². The van der Waals surface area contributed by atoms with Crippen molar-refractivity contribution in [1.29, 1.82) is 0 Å². The topological polar surface area (TPSA) is 161 Å². The molecule has 0 saturated carbocycles. The lowest BCUT2D eigenvalue weighted by atomic mass is 10.0. The number of aliphatic hydroxyl groups excluding tert-OH is 5. The van der Waals surface area contributed by atoms with Crippen LogP contribution in [0.25, 0.3) is 0 Å². The molecule has 0 unspecified atom stereocenters. The Morgan fingerprint density at radius 2 is 1.62 bits per heavy atom. The molecule has 0 aliphatic rings. The number of nitrogens with two attached hydrogens (primary N) is 1. The Labute approximate surface area is 91.9 Å². The second kappa shape index (κ2) is 9.19. The molecule has 0 aromatic heterocycles. The molecule has 4 atom stereocenters. The van der Waals surface area contributed by atoms with Gasteiger partial charge in [0, 0.05) is 6.92 Å². The summed E-state index contributed by atoms with van der Waals surface area (Å²) in [6.07, 6.45) is -6.84. The number of carbonyl (C=O) groups is 2. The summed E-state index contributed by atoms with van der Waals surface area (Å²) in [6.45, 7) is 0.545. The molecular formula is C8H17NO7. The lowest BCUT2D eigenvalue weighted by molar-refractivity contribution is -0.136. The number of aliphatic hydroxyl groups is 5. The fourth-order valence-electron chi connectivity index (χ4n) is 0.618. The van der Waals surface area contributed by atoms with E-state index in [2.05, 4.69) is 5.73 Å². The van der Waals surface area contributed by atoms with E-state index in [0.717, 1.165) is 0 Å². The number of aldehydes is 1. The van der Waals surface area contributed by atoms with Crippen molar-refractivity contribution in [2.45, 2.75) is 31.3 Å². The van der Waals surface area contributed by atoms with Crippen LogP contribution >= 0.6 is 0 Å². The lowest BCUT2D eigenvalue weighted by Crippen LogP contribution is -2.46. The summed E-state index contributed by atoms with van der Waals surface area (Å²) in [6, 6.07) is 0. The SMILES string of the molecule is CC(N)=O.O=C[C@H](O)[C@@H](O)[C@@H](O)[C@H](O)CO. The van der Waals surface area contributed by atoms with Crippen molar-refractivity contribution in [2.24, 2.45) is 5.73 Å². The molecule has 0 fully saturated rings. The van der Waals surface area contributed by atoms with Gasteiger partial charge in [-0.15, -0.1) is 0 Å². The molecule has 8 heteroatoms. The average Bonchev–Trinajstić information content (AvgIpc) is 2.24.